The summed E-state index contributed by atoms with van der Waals surface area (Å²) in [6, 6.07) is 4.65. The van der Waals surface area contributed by atoms with Crippen LogP contribution in [0, 0.1) is 10.6 Å². The maximum absolute atomic E-state index is 13.5. The minimum atomic E-state index is -0.304. The van der Waals surface area contributed by atoms with Gasteiger partial charge in [0.05, 0.1) is 0 Å². The first kappa shape index (κ1) is 12.6. The second-order valence-electron chi connectivity index (χ2n) is 3.36. The largest absolute Gasteiger partial charge is 0.298 e. The number of halogens is 2. The molecule has 0 unspecified atom stereocenters. The Morgan fingerprint density at radius 2 is 2.35 bits per heavy atom. The van der Waals surface area contributed by atoms with Crippen LogP contribution in [0.2, 0.25) is 5.02 Å². The molecule has 1 aromatic carbocycles. The predicted octanol–water partition coefficient (Wildman–Crippen LogP) is 3.56. The lowest BCUT2D eigenvalue weighted by Gasteiger charge is -2.04. The van der Waals surface area contributed by atoms with Gasteiger partial charge in [-0.05, 0) is 24.4 Å². The molecule has 17 heavy (non-hydrogen) atoms. The van der Waals surface area contributed by atoms with E-state index in [2.05, 4.69) is 10.2 Å². The number of thioether (sulfide) groups is 1. The molecule has 1 heterocycles. The molecule has 0 radical (unpaired) electrons. The monoisotopic (exact) mass is 289 g/mol. The minimum absolute atomic E-state index is 0.304. The molecule has 7 heteroatoms. The first-order valence-corrected chi connectivity index (χ1v) is 6.54. The van der Waals surface area contributed by atoms with Gasteiger partial charge in [0.1, 0.15) is 5.82 Å². The van der Waals surface area contributed by atoms with E-state index in [9.17, 15) is 4.39 Å². The quantitative estimate of drug-likeness (QED) is 0.693. The van der Waals surface area contributed by atoms with E-state index >= 15 is 0 Å². The summed E-state index contributed by atoms with van der Waals surface area (Å²) in [5.41, 5.74) is 0.480. The summed E-state index contributed by atoms with van der Waals surface area (Å²) >= 11 is 12.3. The molecule has 0 spiro atoms. The third-order valence-corrected chi connectivity index (χ3v) is 4.02. The molecule has 1 N–H and O–H groups in total. The molecule has 0 saturated heterocycles. The van der Waals surface area contributed by atoms with Gasteiger partial charge in [0.15, 0.2) is 9.93 Å². The molecule has 0 aliphatic rings. The van der Waals surface area contributed by atoms with Gasteiger partial charge in [-0.25, -0.2) is 4.39 Å². The molecular formula is C10H9ClFN3S2. The number of nitrogens with one attached hydrogen (secondary N) is 1. The number of rotatable bonds is 3. The van der Waals surface area contributed by atoms with E-state index in [1.807, 2.05) is 0 Å². The first-order valence-electron chi connectivity index (χ1n) is 4.76. The van der Waals surface area contributed by atoms with Crippen LogP contribution in [0.15, 0.2) is 23.4 Å². The van der Waals surface area contributed by atoms with Crippen molar-refractivity contribution in [3.05, 3.63) is 39.4 Å². The van der Waals surface area contributed by atoms with Crippen LogP contribution < -0.4 is 0 Å². The van der Waals surface area contributed by atoms with Gasteiger partial charge in [-0.1, -0.05) is 29.4 Å². The maximum atomic E-state index is 13.5. The summed E-state index contributed by atoms with van der Waals surface area (Å²) < 4.78 is 15.8. The van der Waals surface area contributed by atoms with Crippen molar-refractivity contribution in [2.24, 2.45) is 7.05 Å². The van der Waals surface area contributed by atoms with E-state index in [1.54, 1.807) is 23.7 Å². The van der Waals surface area contributed by atoms with Gasteiger partial charge in [0.25, 0.3) is 0 Å². The summed E-state index contributed by atoms with van der Waals surface area (Å²) in [7, 11) is 1.80. The molecule has 2 rings (SSSR count). The van der Waals surface area contributed by atoms with Crippen LogP contribution >= 0.6 is 35.6 Å². The minimum Gasteiger partial charge on any atom is -0.298 e. The Bertz CT molecular complexity index is 573. The predicted molar refractivity (Wildman–Crippen MR) is 69.4 cm³/mol. The number of hydrogen-bond donors (Lipinski definition) is 1. The van der Waals surface area contributed by atoms with E-state index < -0.39 is 0 Å². The number of aromatic amines is 1. The van der Waals surface area contributed by atoms with E-state index in [0.717, 1.165) is 0 Å². The van der Waals surface area contributed by atoms with Gasteiger partial charge >= 0.3 is 0 Å². The lowest BCUT2D eigenvalue weighted by molar-refractivity contribution is 0.617. The topological polar surface area (TPSA) is 33.6 Å². The zero-order valence-electron chi connectivity index (χ0n) is 8.91. The van der Waals surface area contributed by atoms with Gasteiger partial charge in [-0.2, -0.15) is 0 Å². The number of H-pyrrole nitrogens is 1. The fourth-order valence-electron chi connectivity index (χ4n) is 1.27. The standard InChI is InChI=1S/C10H9ClFN3S2/c1-15-9(16)13-14-10(15)17-5-6-7(11)3-2-4-8(6)12/h2-4H,5H2,1H3,(H,13,16). The summed E-state index contributed by atoms with van der Waals surface area (Å²) in [6.45, 7) is 0. The van der Waals surface area contributed by atoms with Crippen molar-refractivity contribution >= 4 is 35.6 Å². The van der Waals surface area contributed by atoms with Crippen molar-refractivity contribution in [1.29, 1.82) is 0 Å². The number of nitrogens with zero attached hydrogens (tertiary/aromatic N) is 2. The second-order valence-corrected chi connectivity index (χ2v) is 5.10. The molecule has 0 fully saturated rings. The van der Waals surface area contributed by atoms with Gasteiger partial charge in [-0.3, -0.25) is 9.67 Å². The number of benzene rings is 1. The summed E-state index contributed by atoms with van der Waals surface area (Å²) in [6.07, 6.45) is 0. The van der Waals surface area contributed by atoms with Crippen LogP contribution in [0.5, 0.6) is 0 Å². The third-order valence-electron chi connectivity index (χ3n) is 2.25. The smallest absolute Gasteiger partial charge is 0.195 e. The Labute approximate surface area is 112 Å². The fraction of sp³-hybridized carbons (Fsp3) is 0.200. The Morgan fingerprint density at radius 1 is 1.59 bits per heavy atom. The molecule has 0 bridgehead atoms. The second kappa shape index (κ2) is 5.20. The van der Waals surface area contributed by atoms with E-state index in [1.165, 1.54) is 17.8 Å². The first-order chi connectivity index (χ1) is 8.09. The Balaban J connectivity index is 2.18. The zero-order valence-corrected chi connectivity index (χ0v) is 11.3. The van der Waals surface area contributed by atoms with Gasteiger partial charge < -0.3 is 0 Å². The third kappa shape index (κ3) is 2.70. The van der Waals surface area contributed by atoms with Crippen molar-refractivity contribution in [3.63, 3.8) is 0 Å². The highest BCUT2D eigenvalue weighted by atomic mass is 35.5. The molecule has 0 aliphatic carbocycles. The average Bonchev–Trinajstić information content (AvgIpc) is 2.60. The zero-order chi connectivity index (χ0) is 12.4. The Kier molecular flexibility index (Phi) is 3.86. The molecule has 1 aromatic heterocycles. The highest BCUT2D eigenvalue weighted by Gasteiger charge is 2.09. The van der Waals surface area contributed by atoms with E-state index in [-0.39, 0.29) is 5.82 Å². The van der Waals surface area contributed by atoms with Gasteiger partial charge in [0, 0.05) is 23.4 Å². The van der Waals surface area contributed by atoms with E-state index in [0.29, 0.717) is 26.3 Å². The Morgan fingerprint density at radius 3 is 2.94 bits per heavy atom. The number of hydrogen-bond acceptors (Lipinski definition) is 3. The molecule has 90 valence electrons. The van der Waals surface area contributed by atoms with Crippen LogP contribution in [0.4, 0.5) is 4.39 Å². The van der Waals surface area contributed by atoms with Crippen LogP contribution in [-0.4, -0.2) is 14.8 Å². The Hall–Kier alpha value is -0.850. The van der Waals surface area contributed by atoms with Crippen LogP contribution in [0.1, 0.15) is 5.56 Å². The summed E-state index contributed by atoms with van der Waals surface area (Å²) in [4.78, 5) is 0. The summed E-state index contributed by atoms with van der Waals surface area (Å²) in [5, 5.41) is 7.83. The molecule has 0 saturated carbocycles. The summed E-state index contributed by atoms with van der Waals surface area (Å²) in [5.74, 6) is 0.112. The highest BCUT2D eigenvalue weighted by molar-refractivity contribution is 7.98. The molecule has 3 nitrogen and oxygen atoms in total. The lowest BCUT2D eigenvalue weighted by atomic mass is 10.2. The maximum Gasteiger partial charge on any atom is 0.195 e. The molecule has 0 aliphatic heterocycles. The van der Waals surface area contributed by atoms with Gasteiger partial charge in [0.2, 0.25) is 0 Å². The SMILES string of the molecule is Cn1c(SCc2c(F)cccc2Cl)n[nH]c1=S. The molecule has 2 aromatic rings. The normalized spacial score (nSPS) is 10.8. The molecule has 0 amide bonds. The van der Waals surface area contributed by atoms with Crippen molar-refractivity contribution in [1.82, 2.24) is 14.8 Å². The lowest BCUT2D eigenvalue weighted by Crippen LogP contribution is -1.93. The highest BCUT2D eigenvalue weighted by Crippen LogP contribution is 2.27. The number of aromatic nitrogens is 3. The van der Waals surface area contributed by atoms with Crippen molar-refractivity contribution in [2.75, 3.05) is 0 Å². The van der Waals surface area contributed by atoms with E-state index in [4.69, 9.17) is 23.8 Å². The van der Waals surface area contributed by atoms with Crippen molar-refractivity contribution < 1.29 is 4.39 Å². The average molecular weight is 290 g/mol. The molecular weight excluding hydrogens is 281 g/mol. The fourth-order valence-corrected chi connectivity index (χ4v) is 2.73. The van der Waals surface area contributed by atoms with Crippen LogP contribution in [-0.2, 0) is 12.8 Å². The van der Waals surface area contributed by atoms with Crippen molar-refractivity contribution in [3.8, 4) is 0 Å². The van der Waals surface area contributed by atoms with Crippen LogP contribution in [0.25, 0.3) is 0 Å². The van der Waals surface area contributed by atoms with Crippen molar-refractivity contribution in [2.45, 2.75) is 10.9 Å². The van der Waals surface area contributed by atoms with Gasteiger partial charge in [-0.15, -0.1) is 5.10 Å². The molecule has 0 atom stereocenters. The van der Waals surface area contributed by atoms with Crippen LogP contribution in [0.3, 0.4) is 0 Å².